The number of carboxylic acid groups (broad SMARTS) is 1. The Morgan fingerprint density at radius 3 is 2.81 bits per heavy atom. The number of morpholine rings is 1. The average Bonchev–Trinajstić information content (AvgIpc) is 3.03. The van der Waals surface area contributed by atoms with Gasteiger partial charge >= 0.3 is 5.97 Å². The van der Waals surface area contributed by atoms with Gasteiger partial charge in [-0.2, -0.15) is 0 Å². The van der Waals surface area contributed by atoms with Gasteiger partial charge in [-0.05, 0) is 19.1 Å². The molecule has 1 aromatic carbocycles. The normalized spacial score (nSPS) is 22.8. The molecule has 2 aliphatic heterocycles. The van der Waals surface area contributed by atoms with Crippen LogP contribution in [0.1, 0.15) is 19.8 Å². The van der Waals surface area contributed by atoms with E-state index in [2.05, 4.69) is 0 Å². The summed E-state index contributed by atoms with van der Waals surface area (Å²) < 4.78 is 11.0. The number of aliphatic carboxylic acids is 1. The van der Waals surface area contributed by atoms with Crippen molar-refractivity contribution < 1.29 is 29.0 Å². The van der Waals surface area contributed by atoms with Crippen molar-refractivity contribution in [3.63, 3.8) is 0 Å². The molecule has 2 atom stereocenters. The quantitative estimate of drug-likeness (QED) is 0.800. The van der Waals surface area contributed by atoms with E-state index in [4.69, 9.17) is 14.6 Å². The third kappa shape index (κ3) is 4.39. The zero-order chi connectivity index (χ0) is 19.4. The van der Waals surface area contributed by atoms with Crippen LogP contribution in [0.4, 0.5) is 5.69 Å². The van der Waals surface area contributed by atoms with Crippen molar-refractivity contribution in [1.29, 1.82) is 0 Å². The second-order valence-corrected chi connectivity index (χ2v) is 6.68. The first kappa shape index (κ1) is 19.2. The van der Waals surface area contributed by atoms with E-state index < -0.39 is 18.0 Å². The number of amides is 2. The summed E-state index contributed by atoms with van der Waals surface area (Å²) in [6.07, 6.45) is -0.506. The summed E-state index contributed by atoms with van der Waals surface area (Å²) in [7, 11) is 0. The lowest BCUT2D eigenvalue weighted by Gasteiger charge is -2.33. The van der Waals surface area contributed by atoms with E-state index in [1.54, 1.807) is 15.9 Å². The Bertz CT molecular complexity index is 722. The number of anilines is 1. The van der Waals surface area contributed by atoms with Crippen LogP contribution in [-0.2, 0) is 19.1 Å². The van der Waals surface area contributed by atoms with Gasteiger partial charge in [-0.3, -0.25) is 14.4 Å². The highest BCUT2D eigenvalue weighted by Crippen LogP contribution is 2.33. The highest BCUT2D eigenvalue weighted by atomic mass is 16.5. The second-order valence-electron chi connectivity index (χ2n) is 6.68. The highest BCUT2D eigenvalue weighted by Gasteiger charge is 2.39. The number of carbonyl (C=O) groups excluding carboxylic acids is 2. The van der Waals surface area contributed by atoms with E-state index in [-0.39, 0.29) is 31.2 Å². The lowest BCUT2D eigenvalue weighted by molar-refractivity contribution is -0.149. The molecular formula is C19H24N2O6. The molecule has 2 amide bonds. The van der Waals surface area contributed by atoms with Gasteiger partial charge in [0.05, 0.1) is 37.3 Å². The Morgan fingerprint density at radius 1 is 1.30 bits per heavy atom. The first-order valence-corrected chi connectivity index (χ1v) is 9.14. The molecular weight excluding hydrogens is 352 g/mol. The first-order valence-electron chi connectivity index (χ1n) is 9.14. The van der Waals surface area contributed by atoms with Crippen molar-refractivity contribution in [2.45, 2.75) is 25.9 Å². The predicted octanol–water partition coefficient (Wildman–Crippen LogP) is 1.14. The van der Waals surface area contributed by atoms with E-state index in [1.165, 1.54) is 0 Å². The van der Waals surface area contributed by atoms with Crippen molar-refractivity contribution >= 4 is 23.5 Å². The Balaban J connectivity index is 1.68. The van der Waals surface area contributed by atoms with Crippen LogP contribution in [0.15, 0.2) is 24.3 Å². The summed E-state index contributed by atoms with van der Waals surface area (Å²) in [6.45, 7) is 3.62. The molecule has 2 aliphatic rings. The zero-order valence-corrected chi connectivity index (χ0v) is 15.3. The molecule has 8 nitrogen and oxygen atoms in total. The molecule has 1 aromatic rings. The fraction of sp³-hybridized carbons (Fsp3) is 0.526. The largest absolute Gasteiger partial charge is 0.492 e. The monoisotopic (exact) mass is 376 g/mol. The summed E-state index contributed by atoms with van der Waals surface area (Å²) in [4.78, 5) is 39.5. The lowest BCUT2D eigenvalue weighted by Crippen LogP contribution is -2.48. The average molecular weight is 376 g/mol. The Hall–Kier alpha value is -2.61. The third-order valence-corrected chi connectivity index (χ3v) is 4.78. The molecule has 0 spiro atoms. The van der Waals surface area contributed by atoms with Crippen molar-refractivity contribution in [1.82, 2.24) is 4.90 Å². The SMILES string of the molecule is CCOc1ccccc1N1CC(C(=O)N2CCOC(CC(=O)O)C2)CC1=O. The van der Waals surface area contributed by atoms with Crippen LogP contribution < -0.4 is 9.64 Å². The van der Waals surface area contributed by atoms with Crippen molar-refractivity contribution in [3.8, 4) is 5.75 Å². The number of carboxylic acids is 1. The molecule has 8 heteroatoms. The minimum atomic E-state index is -0.955. The topological polar surface area (TPSA) is 96.4 Å². The third-order valence-electron chi connectivity index (χ3n) is 4.78. The van der Waals surface area contributed by atoms with E-state index in [9.17, 15) is 14.4 Å². The van der Waals surface area contributed by atoms with Gasteiger partial charge in [0.2, 0.25) is 11.8 Å². The minimum Gasteiger partial charge on any atom is -0.492 e. The highest BCUT2D eigenvalue weighted by molar-refractivity contribution is 6.01. The van der Waals surface area contributed by atoms with Gasteiger partial charge in [0.25, 0.3) is 0 Å². The molecule has 146 valence electrons. The molecule has 2 fully saturated rings. The van der Waals surface area contributed by atoms with Crippen LogP contribution in [0.2, 0.25) is 0 Å². The maximum Gasteiger partial charge on any atom is 0.306 e. The molecule has 2 heterocycles. The Labute approximate surface area is 157 Å². The molecule has 0 aliphatic carbocycles. The maximum atomic E-state index is 12.9. The summed E-state index contributed by atoms with van der Waals surface area (Å²) in [6, 6.07) is 7.29. The number of ether oxygens (including phenoxy) is 2. The van der Waals surface area contributed by atoms with E-state index in [0.29, 0.717) is 37.7 Å². The molecule has 27 heavy (non-hydrogen) atoms. The van der Waals surface area contributed by atoms with E-state index >= 15 is 0 Å². The summed E-state index contributed by atoms with van der Waals surface area (Å²) >= 11 is 0. The number of rotatable bonds is 6. The fourth-order valence-electron chi connectivity index (χ4n) is 3.56. The van der Waals surface area contributed by atoms with Crippen LogP contribution in [-0.4, -0.2) is 66.7 Å². The van der Waals surface area contributed by atoms with Crippen LogP contribution in [0, 0.1) is 5.92 Å². The fourth-order valence-corrected chi connectivity index (χ4v) is 3.56. The van der Waals surface area contributed by atoms with Gasteiger partial charge in [0, 0.05) is 26.1 Å². The summed E-state index contributed by atoms with van der Waals surface area (Å²) in [5.41, 5.74) is 0.672. The first-order chi connectivity index (χ1) is 13.0. The van der Waals surface area contributed by atoms with Gasteiger partial charge in [-0.25, -0.2) is 0 Å². The molecule has 3 rings (SSSR count). The van der Waals surface area contributed by atoms with Crippen LogP contribution in [0.5, 0.6) is 5.75 Å². The zero-order valence-electron chi connectivity index (χ0n) is 15.3. The molecule has 2 saturated heterocycles. The molecule has 0 bridgehead atoms. The van der Waals surface area contributed by atoms with E-state index in [0.717, 1.165) is 0 Å². The number of carbonyl (C=O) groups is 3. The lowest BCUT2D eigenvalue weighted by atomic mass is 10.1. The minimum absolute atomic E-state index is 0.115. The Morgan fingerprint density at radius 2 is 2.07 bits per heavy atom. The molecule has 0 aromatic heterocycles. The number of hydrogen-bond donors (Lipinski definition) is 1. The van der Waals surface area contributed by atoms with Gasteiger partial charge in [0.1, 0.15) is 5.75 Å². The number of nitrogens with zero attached hydrogens (tertiary/aromatic N) is 2. The van der Waals surface area contributed by atoms with E-state index in [1.807, 2.05) is 25.1 Å². The summed E-state index contributed by atoms with van der Waals surface area (Å²) in [5, 5.41) is 8.92. The number of hydrogen-bond acceptors (Lipinski definition) is 5. The van der Waals surface area contributed by atoms with Gasteiger partial charge < -0.3 is 24.4 Å². The Kier molecular flexibility index (Phi) is 5.95. The number of para-hydroxylation sites is 2. The summed E-state index contributed by atoms with van der Waals surface area (Å²) in [5.74, 6) is -1.02. The van der Waals surface area contributed by atoms with Crippen molar-refractivity contribution in [3.05, 3.63) is 24.3 Å². The second kappa shape index (κ2) is 8.39. The van der Waals surface area contributed by atoms with Gasteiger partial charge in [-0.1, -0.05) is 12.1 Å². The van der Waals surface area contributed by atoms with Crippen LogP contribution >= 0.6 is 0 Å². The van der Waals surface area contributed by atoms with Gasteiger partial charge in [0.15, 0.2) is 0 Å². The molecule has 2 unspecified atom stereocenters. The molecule has 1 N–H and O–H groups in total. The van der Waals surface area contributed by atoms with Crippen LogP contribution in [0.25, 0.3) is 0 Å². The van der Waals surface area contributed by atoms with Crippen molar-refractivity contribution in [2.24, 2.45) is 5.92 Å². The molecule has 0 saturated carbocycles. The van der Waals surface area contributed by atoms with Crippen molar-refractivity contribution in [2.75, 3.05) is 37.7 Å². The molecule has 0 radical (unpaired) electrons. The van der Waals surface area contributed by atoms with Gasteiger partial charge in [-0.15, -0.1) is 0 Å². The van der Waals surface area contributed by atoms with Crippen LogP contribution in [0.3, 0.4) is 0 Å². The smallest absolute Gasteiger partial charge is 0.306 e. The maximum absolute atomic E-state index is 12.9. The standard InChI is InChI=1S/C19H24N2O6/c1-2-26-16-6-4-3-5-15(16)21-11-13(9-17(21)22)19(25)20-7-8-27-14(12-20)10-18(23)24/h3-6,13-14H,2,7-12H2,1H3,(H,23,24). The number of benzene rings is 1. The predicted molar refractivity (Wildman–Crippen MR) is 96.6 cm³/mol.